The van der Waals surface area contributed by atoms with Crippen LogP contribution in [0.1, 0.15) is 25.0 Å². The SMILES string of the molecule is Cc1cc(-c2noc(-c3cnc(OC(C)C)c(Cl)c3)n2)cc(C)c1OCC(O)CO. The Morgan fingerprint density at radius 1 is 1.13 bits per heavy atom. The first-order chi connectivity index (χ1) is 14.3. The van der Waals surface area contributed by atoms with Crippen molar-refractivity contribution in [1.82, 2.24) is 15.1 Å². The molecule has 2 N–H and O–H groups in total. The number of hydrogen-bond donors (Lipinski definition) is 2. The molecule has 3 rings (SSSR count). The smallest absolute Gasteiger partial charge is 0.259 e. The third-order valence-corrected chi connectivity index (χ3v) is 4.45. The molecule has 2 aromatic heterocycles. The molecule has 0 radical (unpaired) electrons. The fourth-order valence-corrected chi connectivity index (χ4v) is 3.06. The summed E-state index contributed by atoms with van der Waals surface area (Å²) in [7, 11) is 0. The van der Waals surface area contributed by atoms with Crippen molar-refractivity contribution in [2.45, 2.75) is 39.9 Å². The molecule has 30 heavy (non-hydrogen) atoms. The summed E-state index contributed by atoms with van der Waals surface area (Å²) >= 11 is 6.24. The minimum Gasteiger partial charge on any atom is -0.490 e. The van der Waals surface area contributed by atoms with Crippen LogP contribution >= 0.6 is 11.6 Å². The van der Waals surface area contributed by atoms with Crippen molar-refractivity contribution in [3.63, 3.8) is 0 Å². The second-order valence-corrected chi connectivity index (χ2v) is 7.59. The van der Waals surface area contributed by atoms with Gasteiger partial charge in [-0.25, -0.2) is 4.98 Å². The predicted molar refractivity (Wildman–Crippen MR) is 112 cm³/mol. The van der Waals surface area contributed by atoms with Crippen LogP contribution < -0.4 is 9.47 Å². The maximum Gasteiger partial charge on any atom is 0.259 e. The second-order valence-electron chi connectivity index (χ2n) is 7.19. The van der Waals surface area contributed by atoms with Crippen molar-refractivity contribution in [3.05, 3.63) is 40.5 Å². The lowest BCUT2D eigenvalue weighted by atomic mass is 10.1. The lowest BCUT2D eigenvalue weighted by Gasteiger charge is -2.15. The molecular weight excluding hydrogens is 410 g/mol. The average molecular weight is 434 g/mol. The topological polar surface area (TPSA) is 111 Å². The molecule has 8 nitrogen and oxygen atoms in total. The van der Waals surface area contributed by atoms with Gasteiger partial charge in [-0.05, 0) is 57.0 Å². The van der Waals surface area contributed by atoms with Crippen molar-refractivity contribution in [2.24, 2.45) is 0 Å². The van der Waals surface area contributed by atoms with E-state index in [0.717, 1.165) is 16.7 Å². The fraction of sp³-hybridized carbons (Fsp3) is 0.381. The Morgan fingerprint density at radius 3 is 2.43 bits per heavy atom. The van der Waals surface area contributed by atoms with Crippen LogP contribution in [0.15, 0.2) is 28.9 Å². The number of halogens is 1. The molecule has 0 saturated heterocycles. The van der Waals surface area contributed by atoms with Crippen LogP contribution in [-0.2, 0) is 0 Å². The number of nitrogens with zero attached hydrogens (tertiary/aromatic N) is 3. The van der Waals surface area contributed by atoms with E-state index >= 15 is 0 Å². The molecule has 0 saturated carbocycles. The summed E-state index contributed by atoms with van der Waals surface area (Å²) in [6, 6.07) is 5.41. The average Bonchev–Trinajstić information content (AvgIpc) is 3.18. The molecule has 0 aliphatic rings. The zero-order valence-corrected chi connectivity index (χ0v) is 18.0. The molecule has 0 fully saturated rings. The van der Waals surface area contributed by atoms with Crippen LogP contribution in [0.5, 0.6) is 11.6 Å². The summed E-state index contributed by atoms with van der Waals surface area (Å²) in [6.07, 6.45) is 0.600. The van der Waals surface area contributed by atoms with Crippen molar-refractivity contribution in [1.29, 1.82) is 0 Å². The van der Waals surface area contributed by atoms with E-state index in [1.807, 2.05) is 39.8 Å². The van der Waals surface area contributed by atoms with Crippen molar-refractivity contribution in [2.75, 3.05) is 13.2 Å². The Labute approximate surface area is 179 Å². The van der Waals surface area contributed by atoms with Crippen LogP contribution in [0, 0.1) is 13.8 Å². The second kappa shape index (κ2) is 9.42. The molecule has 1 unspecified atom stereocenters. The van der Waals surface area contributed by atoms with E-state index in [0.29, 0.717) is 28.0 Å². The molecule has 160 valence electrons. The number of hydrogen-bond acceptors (Lipinski definition) is 8. The first-order valence-electron chi connectivity index (χ1n) is 9.48. The van der Waals surface area contributed by atoms with Gasteiger partial charge in [-0.1, -0.05) is 16.8 Å². The Balaban J connectivity index is 1.83. The summed E-state index contributed by atoms with van der Waals surface area (Å²) in [5.74, 6) is 1.70. The molecule has 3 aromatic rings. The number of aromatic nitrogens is 3. The fourth-order valence-electron chi connectivity index (χ4n) is 2.85. The normalized spacial score (nSPS) is 12.3. The highest BCUT2D eigenvalue weighted by molar-refractivity contribution is 6.32. The minimum absolute atomic E-state index is 0.00810. The van der Waals surface area contributed by atoms with Gasteiger partial charge in [0.15, 0.2) is 0 Å². The van der Waals surface area contributed by atoms with Gasteiger partial charge in [0, 0.05) is 11.8 Å². The van der Waals surface area contributed by atoms with Crippen LogP contribution in [-0.4, -0.2) is 50.8 Å². The van der Waals surface area contributed by atoms with Crippen molar-refractivity contribution < 1.29 is 24.2 Å². The van der Waals surface area contributed by atoms with Crippen molar-refractivity contribution >= 4 is 11.6 Å². The molecule has 0 amide bonds. The van der Waals surface area contributed by atoms with E-state index in [-0.39, 0.29) is 25.2 Å². The van der Waals surface area contributed by atoms with Gasteiger partial charge in [-0.3, -0.25) is 0 Å². The van der Waals surface area contributed by atoms with Crippen LogP contribution in [0.25, 0.3) is 22.8 Å². The first-order valence-corrected chi connectivity index (χ1v) is 9.86. The number of aliphatic hydroxyl groups is 2. The summed E-state index contributed by atoms with van der Waals surface area (Å²) in [5, 5.41) is 22.8. The molecule has 0 bridgehead atoms. The number of aliphatic hydroxyl groups excluding tert-OH is 2. The lowest BCUT2D eigenvalue weighted by Crippen LogP contribution is -2.21. The molecule has 2 heterocycles. The summed E-state index contributed by atoms with van der Waals surface area (Å²) < 4.78 is 16.6. The number of ether oxygens (including phenoxy) is 2. The number of benzene rings is 1. The molecule has 1 aromatic carbocycles. The van der Waals surface area contributed by atoms with Gasteiger partial charge in [0.05, 0.1) is 18.3 Å². The maximum absolute atomic E-state index is 9.49. The Hall–Kier alpha value is -2.68. The maximum atomic E-state index is 9.49. The number of rotatable bonds is 8. The predicted octanol–water partition coefficient (Wildman–Crippen LogP) is 3.59. The molecule has 9 heteroatoms. The highest BCUT2D eigenvalue weighted by atomic mass is 35.5. The third kappa shape index (κ3) is 5.08. The highest BCUT2D eigenvalue weighted by Gasteiger charge is 2.16. The van der Waals surface area contributed by atoms with E-state index < -0.39 is 6.10 Å². The van der Waals surface area contributed by atoms with Gasteiger partial charge in [-0.2, -0.15) is 4.98 Å². The Morgan fingerprint density at radius 2 is 1.83 bits per heavy atom. The molecular formula is C21H24ClN3O5. The standard InChI is InChI=1S/C21H24ClN3O5/c1-11(2)29-21-17(22)7-15(8-23-21)20-24-19(25-30-20)14-5-12(3)18(13(4)6-14)28-10-16(27)9-26/h5-8,11,16,26-27H,9-10H2,1-4H3. The molecule has 1 atom stereocenters. The van der Waals surface area contributed by atoms with Gasteiger partial charge in [0.1, 0.15) is 23.5 Å². The molecule has 0 aliphatic carbocycles. The van der Waals surface area contributed by atoms with Crippen LogP contribution in [0.4, 0.5) is 0 Å². The van der Waals surface area contributed by atoms with Crippen molar-refractivity contribution in [3.8, 4) is 34.5 Å². The van der Waals surface area contributed by atoms with E-state index in [1.54, 1.807) is 12.3 Å². The van der Waals surface area contributed by atoms with E-state index in [1.165, 1.54) is 0 Å². The van der Waals surface area contributed by atoms with Gasteiger partial charge in [0.2, 0.25) is 11.7 Å². The van der Waals surface area contributed by atoms with Gasteiger partial charge >= 0.3 is 0 Å². The number of pyridine rings is 1. The van der Waals surface area contributed by atoms with Gasteiger partial charge in [-0.15, -0.1) is 0 Å². The van der Waals surface area contributed by atoms with Gasteiger partial charge < -0.3 is 24.2 Å². The Kier molecular flexibility index (Phi) is 6.91. The van der Waals surface area contributed by atoms with Crippen LogP contribution in [0.3, 0.4) is 0 Å². The monoisotopic (exact) mass is 433 g/mol. The zero-order valence-electron chi connectivity index (χ0n) is 17.2. The van der Waals surface area contributed by atoms with E-state index in [2.05, 4.69) is 15.1 Å². The largest absolute Gasteiger partial charge is 0.490 e. The third-order valence-electron chi connectivity index (χ3n) is 4.18. The zero-order chi connectivity index (χ0) is 21.8. The highest BCUT2D eigenvalue weighted by Crippen LogP contribution is 2.32. The summed E-state index contributed by atoms with van der Waals surface area (Å²) in [6.45, 7) is 7.21. The molecule has 0 aliphatic heterocycles. The summed E-state index contributed by atoms with van der Waals surface area (Å²) in [5.41, 5.74) is 3.04. The lowest BCUT2D eigenvalue weighted by molar-refractivity contribution is 0.0532. The van der Waals surface area contributed by atoms with E-state index in [9.17, 15) is 5.11 Å². The van der Waals surface area contributed by atoms with Gasteiger partial charge in [0.25, 0.3) is 5.89 Å². The summed E-state index contributed by atoms with van der Waals surface area (Å²) in [4.78, 5) is 8.67. The first kappa shape index (κ1) is 22.0. The Bertz CT molecular complexity index is 999. The minimum atomic E-state index is -0.930. The number of aryl methyl sites for hydroxylation is 2. The quantitative estimate of drug-likeness (QED) is 0.554. The van der Waals surface area contributed by atoms with Crippen LogP contribution in [0.2, 0.25) is 5.02 Å². The van der Waals surface area contributed by atoms with E-state index in [4.69, 9.17) is 30.7 Å². The molecule has 0 spiro atoms.